The minimum atomic E-state index is 0.704. The lowest BCUT2D eigenvalue weighted by Gasteiger charge is -2.03. The van der Waals surface area contributed by atoms with Crippen molar-refractivity contribution in [2.75, 3.05) is 0 Å². The Labute approximate surface area is 99.8 Å². The Bertz CT molecular complexity index is 243. The molecule has 0 saturated heterocycles. The third-order valence-electron chi connectivity index (χ3n) is 2.64. The molecule has 1 aromatic rings. The summed E-state index contributed by atoms with van der Waals surface area (Å²) >= 11 is 0. The smallest absolute Gasteiger partial charge is 0.0841 e. The zero-order valence-corrected chi connectivity index (χ0v) is 10.3. The SMILES string of the molecule is CCCCCCC[CH]OCc1ccccc1. The lowest BCUT2D eigenvalue weighted by molar-refractivity contribution is 0.176. The van der Waals surface area contributed by atoms with Gasteiger partial charge < -0.3 is 4.74 Å². The second kappa shape index (κ2) is 9.41. The quantitative estimate of drug-likeness (QED) is 0.546. The maximum atomic E-state index is 5.50. The Morgan fingerprint density at radius 2 is 1.75 bits per heavy atom. The van der Waals surface area contributed by atoms with E-state index in [1.807, 2.05) is 24.8 Å². The third kappa shape index (κ3) is 6.62. The van der Waals surface area contributed by atoms with Crippen molar-refractivity contribution < 1.29 is 4.74 Å². The molecule has 0 spiro atoms. The van der Waals surface area contributed by atoms with Gasteiger partial charge in [0, 0.05) is 0 Å². The van der Waals surface area contributed by atoms with Crippen molar-refractivity contribution in [2.45, 2.75) is 52.1 Å². The van der Waals surface area contributed by atoms with Crippen LogP contribution in [-0.4, -0.2) is 0 Å². The lowest BCUT2D eigenvalue weighted by Crippen LogP contribution is -1.90. The van der Waals surface area contributed by atoms with E-state index in [1.54, 1.807) is 0 Å². The predicted octanol–water partition coefficient (Wildman–Crippen LogP) is 4.73. The van der Waals surface area contributed by atoms with Crippen LogP contribution in [0.3, 0.4) is 0 Å². The Morgan fingerprint density at radius 1 is 1.00 bits per heavy atom. The summed E-state index contributed by atoms with van der Waals surface area (Å²) in [6.45, 7) is 4.91. The number of hydrogen-bond acceptors (Lipinski definition) is 1. The summed E-state index contributed by atoms with van der Waals surface area (Å²) in [5.41, 5.74) is 1.24. The molecule has 1 radical (unpaired) electrons. The van der Waals surface area contributed by atoms with E-state index in [0.717, 1.165) is 6.42 Å². The number of rotatable bonds is 9. The molecule has 89 valence electrons. The van der Waals surface area contributed by atoms with Gasteiger partial charge in [0.2, 0.25) is 0 Å². The zero-order chi connectivity index (χ0) is 11.5. The van der Waals surface area contributed by atoms with Crippen LogP contribution in [0.1, 0.15) is 51.0 Å². The van der Waals surface area contributed by atoms with E-state index in [1.165, 1.54) is 37.7 Å². The van der Waals surface area contributed by atoms with E-state index < -0.39 is 0 Å². The van der Waals surface area contributed by atoms with Crippen LogP contribution >= 0.6 is 0 Å². The Balaban J connectivity index is 1.89. The average molecular weight is 219 g/mol. The summed E-state index contributed by atoms with van der Waals surface area (Å²) in [5, 5.41) is 0. The van der Waals surface area contributed by atoms with Crippen molar-refractivity contribution in [3.63, 3.8) is 0 Å². The topological polar surface area (TPSA) is 9.23 Å². The van der Waals surface area contributed by atoms with Crippen molar-refractivity contribution >= 4 is 0 Å². The van der Waals surface area contributed by atoms with Gasteiger partial charge in [-0.1, -0.05) is 69.4 Å². The van der Waals surface area contributed by atoms with Crippen LogP contribution in [-0.2, 0) is 11.3 Å². The molecule has 0 aromatic heterocycles. The highest BCUT2D eigenvalue weighted by molar-refractivity contribution is 5.13. The number of benzene rings is 1. The standard InChI is InChI=1S/C15H23O/c1-2-3-4-5-6-10-13-16-14-15-11-8-7-9-12-15/h7-9,11-13H,2-6,10,14H2,1H3. The number of ether oxygens (including phenoxy) is 1. The molecule has 0 heterocycles. The van der Waals surface area contributed by atoms with Gasteiger partial charge in [-0.15, -0.1) is 0 Å². The van der Waals surface area contributed by atoms with Crippen LogP contribution in [0.2, 0.25) is 0 Å². The molecule has 0 bridgehead atoms. The van der Waals surface area contributed by atoms with Crippen LogP contribution in [0.4, 0.5) is 0 Å². The molecule has 0 unspecified atom stereocenters. The Kier molecular flexibility index (Phi) is 7.79. The normalized spacial score (nSPS) is 10.6. The molecule has 0 saturated carbocycles. The second-order valence-electron chi connectivity index (χ2n) is 4.17. The molecule has 0 aliphatic rings. The summed E-state index contributed by atoms with van der Waals surface area (Å²) in [7, 11) is 0. The monoisotopic (exact) mass is 219 g/mol. The molecule has 1 heteroatoms. The average Bonchev–Trinajstić information content (AvgIpc) is 2.34. The summed E-state index contributed by atoms with van der Waals surface area (Å²) in [6.07, 6.45) is 7.71. The first-order valence-electron chi connectivity index (χ1n) is 6.40. The maximum Gasteiger partial charge on any atom is 0.0841 e. The minimum Gasteiger partial charge on any atom is -0.371 e. The van der Waals surface area contributed by atoms with Gasteiger partial charge in [0.25, 0.3) is 0 Å². The molecule has 0 atom stereocenters. The highest BCUT2D eigenvalue weighted by Gasteiger charge is 1.93. The first-order chi connectivity index (χ1) is 7.93. The molecular weight excluding hydrogens is 196 g/mol. The van der Waals surface area contributed by atoms with E-state index in [9.17, 15) is 0 Å². The van der Waals surface area contributed by atoms with Gasteiger partial charge in [-0.25, -0.2) is 0 Å². The maximum absolute atomic E-state index is 5.50. The van der Waals surface area contributed by atoms with Gasteiger partial charge in [-0.2, -0.15) is 0 Å². The number of unbranched alkanes of at least 4 members (excludes halogenated alkanes) is 5. The van der Waals surface area contributed by atoms with Gasteiger partial charge in [0.1, 0.15) is 0 Å². The summed E-state index contributed by atoms with van der Waals surface area (Å²) in [4.78, 5) is 0. The molecule has 0 fully saturated rings. The van der Waals surface area contributed by atoms with Crippen LogP contribution in [0.5, 0.6) is 0 Å². The predicted molar refractivity (Wildman–Crippen MR) is 68.9 cm³/mol. The molecule has 1 nitrogen and oxygen atoms in total. The molecule has 1 aromatic carbocycles. The van der Waals surface area contributed by atoms with Gasteiger partial charge in [0.15, 0.2) is 0 Å². The first-order valence-corrected chi connectivity index (χ1v) is 6.40. The summed E-state index contributed by atoms with van der Waals surface area (Å²) in [5.74, 6) is 0. The van der Waals surface area contributed by atoms with E-state index in [-0.39, 0.29) is 0 Å². The van der Waals surface area contributed by atoms with Crippen LogP contribution < -0.4 is 0 Å². The molecule has 16 heavy (non-hydrogen) atoms. The van der Waals surface area contributed by atoms with Gasteiger partial charge in [-0.05, 0) is 12.0 Å². The third-order valence-corrected chi connectivity index (χ3v) is 2.64. The van der Waals surface area contributed by atoms with E-state index in [2.05, 4.69) is 19.1 Å². The minimum absolute atomic E-state index is 0.704. The van der Waals surface area contributed by atoms with Crippen molar-refractivity contribution in [1.29, 1.82) is 0 Å². The summed E-state index contributed by atoms with van der Waals surface area (Å²) in [6, 6.07) is 10.3. The highest BCUT2D eigenvalue weighted by Crippen LogP contribution is 2.08. The van der Waals surface area contributed by atoms with Gasteiger partial charge in [0.05, 0.1) is 13.2 Å². The van der Waals surface area contributed by atoms with Crippen LogP contribution in [0.15, 0.2) is 30.3 Å². The summed E-state index contributed by atoms with van der Waals surface area (Å²) < 4.78 is 5.50. The molecule has 0 N–H and O–H groups in total. The molecule has 1 rings (SSSR count). The Hall–Kier alpha value is -0.820. The fourth-order valence-electron chi connectivity index (χ4n) is 1.64. The van der Waals surface area contributed by atoms with E-state index in [0.29, 0.717) is 6.61 Å². The van der Waals surface area contributed by atoms with Gasteiger partial charge in [-0.3, -0.25) is 0 Å². The van der Waals surface area contributed by atoms with Crippen molar-refractivity contribution in [3.8, 4) is 0 Å². The van der Waals surface area contributed by atoms with Crippen molar-refractivity contribution in [2.24, 2.45) is 0 Å². The fourth-order valence-corrected chi connectivity index (χ4v) is 1.64. The molecule has 0 aliphatic carbocycles. The molecule has 0 amide bonds. The first kappa shape index (κ1) is 13.2. The van der Waals surface area contributed by atoms with E-state index >= 15 is 0 Å². The van der Waals surface area contributed by atoms with Crippen LogP contribution in [0, 0.1) is 6.61 Å². The molecular formula is C15H23O. The Morgan fingerprint density at radius 3 is 2.50 bits per heavy atom. The highest BCUT2D eigenvalue weighted by atomic mass is 16.5. The van der Waals surface area contributed by atoms with E-state index in [4.69, 9.17) is 4.74 Å². The van der Waals surface area contributed by atoms with Crippen molar-refractivity contribution in [3.05, 3.63) is 42.5 Å². The molecule has 0 aliphatic heterocycles. The largest absolute Gasteiger partial charge is 0.371 e. The lowest BCUT2D eigenvalue weighted by atomic mass is 10.1. The van der Waals surface area contributed by atoms with Crippen molar-refractivity contribution in [1.82, 2.24) is 0 Å². The van der Waals surface area contributed by atoms with Gasteiger partial charge >= 0.3 is 0 Å². The zero-order valence-electron chi connectivity index (χ0n) is 10.3. The van der Waals surface area contributed by atoms with Crippen LogP contribution in [0.25, 0.3) is 0 Å². The number of hydrogen-bond donors (Lipinski definition) is 0. The second-order valence-corrected chi connectivity index (χ2v) is 4.17. The fraction of sp³-hybridized carbons (Fsp3) is 0.533.